The van der Waals surface area contributed by atoms with Crippen LogP contribution in [0.1, 0.15) is 52.4 Å². The number of thiol groups is 3. The van der Waals surface area contributed by atoms with E-state index in [4.69, 9.17) is 4.74 Å². The van der Waals surface area contributed by atoms with Crippen LogP contribution in [-0.2, 0) is 0 Å². The van der Waals surface area contributed by atoms with Gasteiger partial charge in [0.15, 0.2) is 11.6 Å². The van der Waals surface area contributed by atoms with Crippen molar-refractivity contribution in [2.75, 3.05) is 4.90 Å². The molecule has 7 nitrogen and oxygen atoms in total. The molecule has 0 aliphatic heterocycles. The van der Waals surface area contributed by atoms with Gasteiger partial charge in [-0.2, -0.15) is 9.37 Å². The van der Waals surface area contributed by atoms with Gasteiger partial charge in [-0.1, -0.05) is 19.9 Å². The SMILES string of the molecule is C[C@]12CC[C@](C)(C1)[C@H](F)[C@H](N(c1cnc(-c3ccc(-c4cc(F)nc(OC(S)(S)S)c4)cc3O)nn1)C1CC1)C2. The van der Waals surface area contributed by atoms with Crippen LogP contribution in [0, 0.1) is 16.8 Å². The fourth-order valence-electron chi connectivity index (χ4n) is 6.68. The average Bonchev–Trinajstić information content (AvgIpc) is 3.66. The predicted octanol–water partition coefficient (Wildman–Crippen LogP) is 6.50. The van der Waals surface area contributed by atoms with Crippen molar-refractivity contribution in [2.45, 2.75) is 74.2 Å². The third-order valence-electron chi connectivity index (χ3n) is 8.53. The van der Waals surface area contributed by atoms with Crippen molar-refractivity contribution in [3.05, 3.63) is 42.5 Å². The number of aromatic nitrogens is 4. The molecule has 1 aromatic carbocycles. The Balaban J connectivity index is 1.26. The van der Waals surface area contributed by atoms with Gasteiger partial charge in [0.1, 0.15) is 11.9 Å². The van der Waals surface area contributed by atoms with Gasteiger partial charge in [0.25, 0.3) is 0 Å². The molecule has 0 amide bonds. The zero-order chi connectivity index (χ0) is 28.4. The average molecular weight is 604 g/mol. The summed E-state index contributed by atoms with van der Waals surface area (Å²) in [6.45, 7) is 4.37. The summed E-state index contributed by atoms with van der Waals surface area (Å²) >= 11 is 12.1. The van der Waals surface area contributed by atoms with Crippen LogP contribution in [0.15, 0.2) is 36.5 Å². The van der Waals surface area contributed by atoms with E-state index in [0.717, 1.165) is 38.5 Å². The first-order chi connectivity index (χ1) is 18.8. The number of phenolic OH excluding ortho intramolecular Hbond substituents is 1. The smallest absolute Gasteiger partial charge is 0.242 e. The summed E-state index contributed by atoms with van der Waals surface area (Å²) in [6, 6.07) is 7.51. The van der Waals surface area contributed by atoms with E-state index < -0.39 is 15.7 Å². The maximum atomic E-state index is 15.9. The Labute approximate surface area is 248 Å². The molecule has 2 heterocycles. The fourth-order valence-corrected chi connectivity index (χ4v) is 6.97. The van der Waals surface area contributed by atoms with E-state index in [1.54, 1.807) is 18.3 Å². The normalized spacial score (nSPS) is 28.0. The van der Waals surface area contributed by atoms with E-state index in [1.165, 1.54) is 18.2 Å². The van der Waals surface area contributed by atoms with Gasteiger partial charge in [-0.15, -0.1) is 48.1 Å². The summed E-state index contributed by atoms with van der Waals surface area (Å²) < 4.78 is 34.0. The molecular formula is C28H31F2N5O2S3. The van der Waals surface area contributed by atoms with Crippen LogP contribution in [0.25, 0.3) is 22.5 Å². The van der Waals surface area contributed by atoms with Gasteiger partial charge < -0.3 is 14.7 Å². The summed E-state index contributed by atoms with van der Waals surface area (Å²) in [7, 11) is 0. The van der Waals surface area contributed by atoms with Crippen LogP contribution in [0.2, 0.25) is 0 Å². The highest BCUT2D eigenvalue weighted by molar-refractivity contribution is 8.16. The highest BCUT2D eigenvalue weighted by Crippen LogP contribution is 2.60. The Morgan fingerprint density at radius 1 is 1.07 bits per heavy atom. The van der Waals surface area contributed by atoms with Gasteiger partial charge >= 0.3 is 0 Å². The Bertz CT molecular complexity index is 1440. The molecule has 1 N–H and O–H groups in total. The minimum absolute atomic E-state index is 0.0635. The molecule has 0 spiro atoms. The van der Waals surface area contributed by atoms with Gasteiger partial charge in [-0.25, -0.2) is 9.37 Å². The van der Waals surface area contributed by atoms with Crippen molar-refractivity contribution >= 4 is 43.7 Å². The standard InChI is InChI=1S/C28H31F2N5O2S3/c1-26-7-8-27(2,14-26)24(30)19(12-26)35(17-4-5-17)22-13-31-25(34-33-22)18-6-3-15(9-20(18)36)16-10-21(29)32-23(11-16)37-28(38,39)40/h3,6,9-11,13,17,19,24,36,38-40H,4-5,7-8,12,14H2,1-2H3/t19-,24-,26-,27-/m1/s1. The van der Waals surface area contributed by atoms with E-state index in [-0.39, 0.29) is 40.4 Å². The van der Waals surface area contributed by atoms with Gasteiger partial charge in [0.05, 0.1) is 17.8 Å². The number of pyridine rings is 1. The Kier molecular flexibility index (Phi) is 6.89. The van der Waals surface area contributed by atoms with Gasteiger partial charge in [0.2, 0.25) is 15.4 Å². The number of hydrogen-bond donors (Lipinski definition) is 4. The highest BCUT2D eigenvalue weighted by atomic mass is 32.2. The molecule has 3 fully saturated rings. The molecule has 3 saturated carbocycles. The van der Waals surface area contributed by atoms with E-state index in [1.807, 2.05) is 0 Å². The minimum atomic E-state index is -1.45. The third kappa shape index (κ3) is 5.46. The number of aromatic hydroxyl groups is 1. The number of alkyl halides is 1. The second kappa shape index (κ2) is 9.90. The molecule has 3 aliphatic rings. The second-order valence-corrected chi connectivity index (χ2v) is 15.0. The minimum Gasteiger partial charge on any atom is -0.507 e. The van der Waals surface area contributed by atoms with Crippen LogP contribution >= 0.6 is 37.9 Å². The van der Waals surface area contributed by atoms with Crippen LogP contribution in [0.3, 0.4) is 0 Å². The molecular weight excluding hydrogens is 573 g/mol. The molecule has 0 unspecified atom stereocenters. The molecule has 0 saturated heterocycles. The van der Waals surface area contributed by atoms with E-state index >= 15 is 4.39 Å². The molecule has 212 valence electrons. The van der Waals surface area contributed by atoms with Gasteiger partial charge in [-0.3, -0.25) is 0 Å². The third-order valence-corrected chi connectivity index (χ3v) is 8.81. The second-order valence-electron chi connectivity index (χ2n) is 12.0. The zero-order valence-electron chi connectivity index (χ0n) is 22.1. The van der Waals surface area contributed by atoms with Gasteiger partial charge in [0, 0.05) is 23.6 Å². The van der Waals surface area contributed by atoms with E-state index in [0.29, 0.717) is 22.5 Å². The number of benzene rings is 1. The summed E-state index contributed by atoms with van der Waals surface area (Å²) in [5, 5.41) is 19.6. The Morgan fingerprint density at radius 2 is 1.85 bits per heavy atom. The van der Waals surface area contributed by atoms with Crippen LogP contribution in [-0.4, -0.2) is 47.1 Å². The van der Waals surface area contributed by atoms with Crippen molar-refractivity contribution in [1.29, 1.82) is 0 Å². The van der Waals surface area contributed by atoms with Crippen molar-refractivity contribution in [2.24, 2.45) is 10.8 Å². The summed E-state index contributed by atoms with van der Waals surface area (Å²) in [5.74, 6) is -0.143. The first kappa shape index (κ1) is 27.8. The maximum Gasteiger partial charge on any atom is 0.242 e. The largest absolute Gasteiger partial charge is 0.507 e. The number of anilines is 1. The number of phenols is 1. The zero-order valence-corrected chi connectivity index (χ0v) is 24.8. The summed E-state index contributed by atoms with van der Waals surface area (Å²) in [6.07, 6.45) is 6.39. The molecule has 4 atom stereocenters. The highest BCUT2D eigenvalue weighted by Gasteiger charge is 2.58. The lowest BCUT2D eigenvalue weighted by Gasteiger charge is -2.47. The van der Waals surface area contributed by atoms with E-state index in [2.05, 4.69) is 76.8 Å². The first-order valence-corrected chi connectivity index (χ1v) is 14.7. The van der Waals surface area contributed by atoms with Crippen LogP contribution in [0.4, 0.5) is 14.6 Å². The van der Waals surface area contributed by atoms with Crippen LogP contribution in [0.5, 0.6) is 11.6 Å². The number of hydrogen-bond acceptors (Lipinski definition) is 10. The van der Waals surface area contributed by atoms with Crippen molar-refractivity contribution < 1.29 is 18.6 Å². The molecule has 3 aliphatic carbocycles. The summed E-state index contributed by atoms with van der Waals surface area (Å²) in [4.78, 5) is 10.3. The molecule has 40 heavy (non-hydrogen) atoms. The Hall–Kier alpha value is -2.31. The van der Waals surface area contributed by atoms with Crippen molar-refractivity contribution in [3.63, 3.8) is 0 Å². The van der Waals surface area contributed by atoms with Crippen LogP contribution < -0.4 is 9.64 Å². The fraction of sp³-hybridized carbons (Fsp3) is 0.500. The molecule has 12 heteroatoms. The number of halogens is 2. The first-order valence-electron chi connectivity index (χ1n) is 13.3. The van der Waals surface area contributed by atoms with Crippen molar-refractivity contribution in [3.8, 4) is 34.1 Å². The number of rotatable bonds is 7. The topological polar surface area (TPSA) is 84.3 Å². The molecule has 6 rings (SSSR count). The number of ether oxygens (including phenoxy) is 1. The maximum absolute atomic E-state index is 15.9. The lowest BCUT2D eigenvalue weighted by molar-refractivity contribution is 0.0357. The molecule has 2 aromatic heterocycles. The van der Waals surface area contributed by atoms with Gasteiger partial charge in [-0.05, 0) is 67.2 Å². The number of nitrogens with zero attached hydrogens (tertiary/aromatic N) is 5. The lowest BCUT2D eigenvalue weighted by Crippen LogP contribution is -2.54. The number of fused-ring (bicyclic) bond motifs is 2. The molecule has 3 aromatic rings. The molecule has 2 bridgehead atoms. The Morgan fingerprint density at radius 3 is 2.50 bits per heavy atom. The monoisotopic (exact) mass is 603 g/mol. The lowest BCUT2D eigenvalue weighted by atomic mass is 9.67. The van der Waals surface area contributed by atoms with Crippen molar-refractivity contribution in [1.82, 2.24) is 20.2 Å². The predicted molar refractivity (Wildman–Crippen MR) is 159 cm³/mol. The molecule has 0 radical (unpaired) electrons. The quantitative estimate of drug-likeness (QED) is 0.139. The summed E-state index contributed by atoms with van der Waals surface area (Å²) in [5.41, 5.74) is 1.14. The van der Waals surface area contributed by atoms with E-state index in [9.17, 15) is 9.50 Å².